The number of aryl methyl sites for hydroxylation is 1. The van der Waals surface area contributed by atoms with Gasteiger partial charge in [-0.2, -0.15) is 5.26 Å². The van der Waals surface area contributed by atoms with E-state index in [0.717, 1.165) is 27.7 Å². The van der Waals surface area contributed by atoms with Crippen LogP contribution >= 0.6 is 0 Å². The van der Waals surface area contributed by atoms with Crippen molar-refractivity contribution in [1.29, 1.82) is 5.26 Å². The Labute approximate surface area is 174 Å². The van der Waals surface area contributed by atoms with E-state index >= 15 is 0 Å². The van der Waals surface area contributed by atoms with E-state index < -0.39 is 5.92 Å². The van der Waals surface area contributed by atoms with Gasteiger partial charge >= 0.3 is 0 Å². The van der Waals surface area contributed by atoms with E-state index in [1.54, 1.807) is 4.90 Å². The molecule has 3 N–H and O–H groups in total. The Kier molecular flexibility index (Phi) is 4.96. The van der Waals surface area contributed by atoms with E-state index in [9.17, 15) is 10.1 Å². The zero-order valence-electron chi connectivity index (χ0n) is 17.3. The smallest absolute Gasteiger partial charge is 0.244 e. The summed E-state index contributed by atoms with van der Waals surface area (Å²) >= 11 is 0. The summed E-state index contributed by atoms with van der Waals surface area (Å²) in [5.41, 5.74) is 9.83. The average Bonchev–Trinajstić information content (AvgIpc) is 3.29. The van der Waals surface area contributed by atoms with Gasteiger partial charge in [0.2, 0.25) is 17.7 Å². The topological polar surface area (TPSA) is 113 Å². The van der Waals surface area contributed by atoms with Crippen molar-refractivity contribution in [3.8, 4) is 11.9 Å². The number of ether oxygens (including phenoxy) is 1. The van der Waals surface area contributed by atoms with Crippen LogP contribution in [0.15, 0.2) is 41.9 Å². The molecule has 0 radical (unpaired) electrons. The Hall–Kier alpha value is -3.73. The number of likely N-dealkylation sites (N-methyl/N-ethyl adjacent to an activating group) is 1. The Morgan fingerprint density at radius 1 is 1.37 bits per heavy atom. The van der Waals surface area contributed by atoms with E-state index in [4.69, 9.17) is 10.5 Å². The molecule has 1 aliphatic rings. The summed E-state index contributed by atoms with van der Waals surface area (Å²) in [6, 6.07) is 10.1. The lowest BCUT2D eigenvalue weighted by Gasteiger charge is -2.23. The molecular formula is C22H24N6O2. The maximum atomic E-state index is 12.8. The summed E-state index contributed by atoms with van der Waals surface area (Å²) < 4.78 is 7.52. The number of nitrogens with zero attached hydrogens (tertiary/aromatic N) is 4. The van der Waals surface area contributed by atoms with Crippen LogP contribution in [0.5, 0.6) is 5.88 Å². The van der Waals surface area contributed by atoms with Gasteiger partial charge in [0, 0.05) is 41.4 Å². The Bertz CT molecular complexity index is 1190. The van der Waals surface area contributed by atoms with Gasteiger partial charge in [-0.3, -0.25) is 9.89 Å². The van der Waals surface area contributed by atoms with E-state index in [2.05, 4.69) is 16.3 Å². The van der Waals surface area contributed by atoms with E-state index in [-0.39, 0.29) is 18.3 Å². The minimum Gasteiger partial charge on any atom is -0.420 e. The second-order valence-electron chi connectivity index (χ2n) is 7.29. The monoisotopic (exact) mass is 404 g/mol. The van der Waals surface area contributed by atoms with Crippen LogP contribution in [0.4, 0.5) is 0 Å². The third kappa shape index (κ3) is 2.99. The first-order chi connectivity index (χ1) is 14.5. The predicted molar refractivity (Wildman–Crippen MR) is 112 cm³/mol. The maximum Gasteiger partial charge on any atom is 0.244 e. The molecule has 154 valence electrons. The highest BCUT2D eigenvalue weighted by atomic mass is 16.5. The number of carbonyl (C=O) groups is 1. The highest BCUT2D eigenvalue weighted by Gasteiger charge is 2.36. The van der Waals surface area contributed by atoms with E-state index in [1.165, 1.54) is 0 Å². The van der Waals surface area contributed by atoms with Gasteiger partial charge < -0.3 is 19.9 Å². The summed E-state index contributed by atoms with van der Waals surface area (Å²) in [5.74, 6) is 0.0600. The number of para-hydroxylation sites is 1. The molecule has 1 amide bonds. The second-order valence-corrected chi connectivity index (χ2v) is 7.29. The van der Waals surface area contributed by atoms with Crippen molar-refractivity contribution in [1.82, 2.24) is 19.7 Å². The number of H-pyrrole nitrogens is 1. The first-order valence-corrected chi connectivity index (χ1v) is 9.98. The zero-order chi connectivity index (χ0) is 21.4. The first-order valence-electron chi connectivity index (χ1n) is 9.98. The van der Waals surface area contributed by atoms with Crippen LogP contribution < -0.4 is 10.5 Å². The molecule has 4 rings (SSSR count). The van der Waals surface area contributed by atoms with Crippen LogP contribution in [-0.2, 0) is 11.3 Å². The van der Waals surface area contributed by atoms with Crippen molar-refractivity contribution in [2.75, 3.05) is 13.1 Å². The van der Waals surface area contributed by atoms with Gasteiger partial charge in [0.05, 0.1) is 5.92 Å². The fourth-order valence-electron chi connectivity index (χ4n) is 4.17. The highest BCUT2D eigenvalue weighted by molar-refractivity contribution is 5.88. The van der Waals surface area contributed by atoms with Crippen molar-refractivity contribution in [2.24, 2.45) is 5.73 Å². The van der Waals surface area contributed by atoms with E-state index in [1.807, 2.05) is 55.8 Å². The Morgan fingerprint density at radius 2 is 2.10 bits per heavy atom. The number of aromatic nitrogens is 3. The molecule has 1 atom stereocenters. The summed E-state index contributed by atoms with van der Waals surface area (Å²) in [4.78, 5) is 14.6. The molecule has 0 aliphatic carbocycles. The van der Waals surface area contributed by atoms with Crippen molar-refractivity contribution < 1.29 is 9.53 Å². The third-order valence-corrected chi connectivity index (χ3v) is 5.68. The zero-order valence-corrected chi connectivity index (χ0v) is 17.3. The molecule has 8 nitrogen and oxygen atoms in total. The summed E-state index contributed by atoms with van der Waals surface area (Å²) in [5, 5.41) is 17.9. The van der Waals surface area contributed by atoms with Crippen LogP contribution in [0.2, 0.25) is 0 Å². The van der Waals surface area contributed by atoms with Gasteiger partial charge in [-0.25, -0.2) is 0 Å². The predicted octanol–water partition coefficient (Wildman–Crippen LogP) is 2.76. The first kappa shape index (κ1) is 19.6. The van der Waals surface area contributed by atoms with Crippen LogP contribution in [0.1, 0.15) is 36.6 Å². The molecule has 0 saturated carbocycles. The molecule has 3 heterocycles. The third-order valence-electron chi connectivity index (χ3n) is 5.68. The molecule has 0 fully saturated rings. The fraction of sp³-hybridized carbons (Fsp3) is 0.318. The molecular weight excluding hydrogens is 380 g/mol. The molecule has 1 aromatic carbocycles. The lowest BCUT2D eigenvalue weighted by molar-refractivity contribution is -0.131. The molecule has 8 heteroatoms. The quantitative estimate of drug-likeness (QED) is 0.679. The number of nitriles is 1. The minimum absolute atomic E-state index is 0.0509. The summed E-state index contributed by atoms with van der Waals surface area (Å²) in [6.07, 6.45) is 1.95. The number of benzene rings is 1. The summed E-state index contributed by atoms with van der Waals surface area (Å²) in [7, 11) is 0. The largest absolute Gasteiger partial charge is 0.420 e. The molecule has 2 aromatic heterocycles. The van der Waals surface area contributed by atoms with Crippen LogP contribution in [0, 0.1) is 18.3 Å². The molecule has 0 saturated heterocycles. The second kappa shape index (κ2) is 7.59. The number of hydrogen-bond donors (Lipinski definition) is 2. The van der Waals surface area contributed by atoms with Gasteiger partial charge in [-0.15, -0.1) is 5.10 Å². The van der Waals surface area contributed by atoms with Gasteiger partial charge in [0.1, 0.15) is 18.2 Å². The number of aromatic amines is 1. The Morgan fingerprint density at radius 3 is 2.80 bits per heavy atom. The minimum atomic E-state index is -0.424. The molecule has 30 heavy (non-hydrogen) atoms. The molecule has 3 aromatic rings. The molecule has 0 spiro atoms. The normalized spacial score (nSPS) is 15.6. The number of allylic oxidation sites excluding steroid dienone is 1. The number of nitrogens with one attached hydrogen (secondary N) is 1. The number of nitrogens with two attached hydrogens (primary N) is 1. The number of amides is 1. The number of carbonyl (C=O) groups excluding carboxylic acids is 1. The molecule has 1 aliphatic heterocycles. The van der Waals surface area contributed by atoms with Crippen molar-refractivity contribution >= 4 is 16.8 Å². The SMILES string of the molecule is CCN(CC)C(=O)Cn1cc([C@@H]2C(C#N)=C(N)Oc3n[nH]c(C)c32)c2ccccc21. The molecule has 0 bridgehead atoms. The standard InChI is InChI=1S/C22H24N6O2/c1-4-27(5-2)18(29)12-28-11-16(14-8-6-7-9-17(14)28)20-15(10-23)21(24)30-22-19(20)13(3)25-26-22/h6-9,11,20H,4-5,12,24H2,1-3H3,(H,25,26)/t20-/m0/s1. The van der Waals surface area contributed by atoms with Gasteiger partial charge in [-0.05, 0) is 32.4 Å². The Balaban J connectivity index is 1.89. The van der Waals surface area contributed by atoms with Gasteiger partial charge in [0.15, 0.2) is 0 Å². The van der Waals surface area contributed by atoms with Gasteiger partial charge in [0.25, 0.3) is 0 Å². The lowest BCUT2D eigenvalue weighted by Crippen LogP contribution is -2.33. The number of fused-ring (bicyclic) bond motifs is 2. The molecule has 0 unspecified atom stereocenters. The van der Waals surface area contributed by atoms with Crippen molar-refractivity contribution in [3.05, 3.63) is 58.7 Å². The lowest BCUT2D eigenvalue weighted by atomic mass is 9.84. The van der Waals surface area contributed by atoms with E-state index in [0.29, 0.717) is 24.5 Å². The highest BCUT2D eigenvalue weighted by Crippen LogP contribution is 2.45. The summed E-state index contributed by atoms with van der Waals surface area (Å²) in [6.45, 7) is 7.39. The van der Waals surface area contributed by atoms with Crippen LogP contribution in [0.25, 0.3) is 10.9 Å². The number of rotatable bonds is 5. The average molecular weight is 404 g/mol. The van der Waals surface area contributed by atoms with Crippen LogP contribution in [0.3, 0.4) is 0 Å². The van der Waals surface area contributed by atoms with Crippen LogP contribution in [-0.4, -0.2) is 38.7 Å². The maximum absolute atomic E-state index is 12.8. The number of hydrogen-bond acceptors (Lipinski definition) is 5. The van der Waals surface area contributed by atoms with Crippen molar-refractivity contribution in [3.63, 3.8) is 0 Å². The van der Waals surface area contributed by atoms with Crippen molar-refractivity contribution in [2.45, 2.75) is 33.2 Å². The van der Waals surface area contributed by atoms with Gasteiger partial charge in [-0.1, -0.05) is 18.2 Å². The fourth-order valence-corrected chi connectivity index (χ4v) is 4.17.